The molecule has 2 N–H and O–H groups in total. The molecule has 0 spiro atoms. The Balaban J connectivity index is 1.94. The van der Waals surface area contributed by atoms with Crippen molar-refractivity contribution in [3.63, 3.8) is 0 Å². The van der Waals surface area contributed by atoms with Crippen molar-refractivity contribution >= 4 is 5.91 Å². The van der Waals surface area contributed by atoms with E-state index < -0.39 is 0 Å². The molecule has 4 heteroatoms. The number of pyridine rings is 1. The van der Waals surface area contributed by atoms with Crippen molar-refractivity contribution in [3.05, 3.63) is 29.6 Å². The van der Waals surface area contributed by atoms with Gasteiger partial charge in [-0.2, -0.15) is 0 Å². The zero-order valence-corrected chi connectivity index (χ0v) is 12.6. The minimum absolute atomic E-state index is 0.0308. The van der Waals surface area contributed by atoms with E-state index in [1.807, 2.05) is 11.0 Å². The highest BCUT2D eigenvalue weighted by Crippen LogP contribution is 2.22. The first-order valence-electron chi connectivity index (χ1n) is 7.69. The smallest absolute Gasteiger partial charge is 0.272 e. The van der Waals surface area contributed by atoms with E-state index in [1.54, 1.807) is 12.3 Å². The molecule has 2 rings (SSSR count). The third kappa shape index (κ3) is 4.30. The molecule has 112 valence electrons. The van der Waals surface area contributed by atoms with Crippen molar-refractivity contribution < 1.29 is 4.79 Å². The Morgan fingerprint density at radius 3 is 2.76 bits per heavy atom. The van der Waals surface area contributed by atoms with Crippen LogP contribution in [0.2, 0.25) is 0 Å². The van der Waals surface area contributed by atoms with Crippen molar-refractivity contribution in [1.82, 2.24) is 9.88 Å². The summed E-state index contributed by atoms with van der Waals surface area (Å²) in [6, 6.07) is 3.58. The molecule has 0 saturated carbocycles. The molecule has 0 aliphatic carbocycles. The lowest BCUT2D eigenvalue weighted by Crippen LogP contribution is -2.38. The predicted molar refractivity (Wildman–Crippen MR) is 83.7 cm³/mol. The van der Waals surface area contributed by atoms with Crippen LogP contribution in [0.1, 0.15) is 48.7 Å². The first-order valence-corrected chi connectivity index (χ1v) is 7.69. The molecule has 0 radical (unpaired) electrons. The zero-order chi connectivity index (χ0) is 15.1. The number of piperidine rings is 1. The van der Waals surface area contributed by atoms with Crippen LogP contribution in [0.5, 0.6) is 0 Å². The maximum atomic E-state index is 12.4. The van der Waals surface area contributed by atoms with Gasteiger partial charge in [-0.05, 0) is 30.9 Å². The second-order valence-corrected chi connectivity index (χ2v) is 5.46. The van der Waals surface area contributed by atoms with E-state index in [4.69, 9.17) is 5.73 Å². The van der Waals surface area contributed by atoms with Gasteiger partial charge in [-0.3, -0.25) is 4.79 Å². The number of carbonyl (C=O) groups excluding carboxylic acids is 1. The molecule has 0 bridgehead atoms. The number of amides is 1. The Bertz CT molecular complexity index is 519. The molecule has 4 nitrogen and oxygen atoms in total. The second-order valence-electron chi connectivity index (χ2n) is 5.46. The number of nitrogens with two attached hydrogens (primary N) is 1. The second kappa shape index (κ2) is 7.80. The van der Waals surface area contributed by atoms with E-state index in [-0.39, 0.29) is 5.91 Å². The largest absolute Gasteiger partial charge is 0.337 e. The Labute approximate surface area is 126 Å². The molecule has 1 aromatic heterocycles. The van der Waals surface area contributed by atoms with Gasteiger partial charge in [-0.1, -0.05) is 31.6 Å². The summed E-state index contributed by atoms with van der Waals surface area (Å²) in [5, 5.41) is 0. The van der Waals surface area contributed by atoms with E-state index >= 15 is 0 Å². The van der Waals surface area contributed by atoms with Crippen LogP contribution in [0, 0.1) is 17.8 Å². The van der Waals surface area contributed by atoms with Crippen molar-refractivity contribution in [2.75, 3.05) is 19.6 Å². The fourth-order valence-electron chi connectivity index (χ4n) is 2.74. The number of nitrogens with zero attached hydrogens (tertiary/aromatic N) is 2. The summed E-state index contributed by atoms with van der Waals surface area (Å²) in [4.78, 5) is 18.5. The molecule has 1 aliphatic heterocycles. The normalized spacial score (nSPS) is 15.4. The number of carbonyl (C=O) groups is 1. The molecular weight excluding hydrogens is 262 g/mol. The number of rotatable bonds is 3. The molecule has 1 amide bonds. The van der Waals surface area contributed by atoms with E-state index in [1.165, 1.54) is 12.8 Å². The van der Waals surface area contributed by atoms with Gasteiger partial charge < -0.3 is 10.6 Å². The molecule has 1 aromatic rings. The summed E-state index contributed by atoms with van der Waals surface area (Å²) in [6.07, 6.45) is 6.36. The van der Waals surface area contributed by atoms with Crippen LogP contribution in [0.4, 0.5) is 0 Å². The van der Waals surface area contributed by atoms with Gasteiger partial charge in [0.15, 0.2) is 0 Å². The van der Waals surface area contributed by atoms with Crippen LogP contribution in [-0.2, 0) is 0 Å². The van der Waals surface area contributed by atoms with Crippen LogP contribution in [0.15, 0.2) is 18.3 Å². The SMILES string of the molecule is CCCC1CCN(C(=O)c2ccc(C#CCN)cn2)CC1. The highest BCUT2D eigenvalue weighted by molar-refractivity contribution is 5.92. The molecular formula is C17H23N3O. The third-order valence-corrected chi connectivity index (χ3v) is 3.92. The highest BCUT2D eigenvalue weighted by Gasteiger charge is 2.23. The first-order chi connectivity index (χ1) is 10.2. The lowest BCUT2D eigenvalue weighted by atomic mass is 9.92. The predicted octanol–water partition coefficient (Wildman–Crippen LogP) is 2.04. The van der Waals surface area contributed by atoms with E-state index in [2.05, 4.69) is 23.7 Å². The average Bonchev–Trinajstić information content (AvgIpc) is 2.54. The standard InChI is InChI=1S/C17H23N3O/c1-2-4-14-8-11-20(12-9-14)17(21)16-7-6-15(13-19-16)5-3-10-18/h6-7,13-14H,2,4,8-12,18H2,1H3. The summed E-state index contributed by atoms with van der Waals surface area (Å²) < 4.78 is 0. The molecule has 2 heterocycles. The quantitative estimate of drug-likeness (QED) is 0.865. The summed E-state index contributed by atoms with van der Waals surface area (Å²) in [5.74, 6) is 6.49. The van der Waals surface area contributed by atoms with Gasteiger partial charge in [0.05, 0.1) is 6.54 Å². The monoisotopic (exact) mass is 285 g/mol. The average molecular weight is 285 g/mol. The topological polar surface area (TPSA) is 59.2 Å². The van der Waals surface area contributed by atoms with Crippen LogP contribution in [0.3, 0.4) is 0 Å². The van der Waals surface area contributed by atoms with Crippen LogP contribution < -0.4 is 5.73 Å². The van der Waals surface area contributed by atoms with Gasteiger partial charge in [0, 0.05) is 24.8 Å². The molecule has 1 fully saturated rings. The summed E-state index contributed by atoms with van der Waals surface area (Å²) >= 11 is 0. The number of hydrogen-bond donors (Lipinski definition) is 1. The van der Waals surface area contributed by atoms with Crippen LogP contribution in [-0.4, -0.2) is 35.4 Å². The highest BCUT2D eigenvalue weighted by atomic mass is 16.2. The van der Waals surface area contributed by atoms with Gasteiger partial charge in [0.1, 0.15) is 5.69 Å². The molecule has 0 aromatic carbocycles. The van der Waals surface area contributed by atoms with Gasteiger partial charge in [-0.25, -0.2) is 4.98 Å². The van der Waals surface area contributed by atoms with E-state index in [0.717, 1.165) is 37.4 Å². The summed E-state index contributed by atoms with van der Waals surface area (Å²) in [5.41, 5.74) is 6.62. The number of likely N-dealkylation sites (tertiary alicyclic amines) is 1. The molecule has 1 saturated heterocycles. The third-order valence-electron chi connectivity index (χ3n) is 3.92. The van der Waals surface area contributed by atoms with Crippen molar-refractivity contribution in [2.45, 2.75) is 32.6 Å². The van der Waals surface area contributed by atoms with Crippen molar-refractivity contribution in [1.29, 1.82) is 0 Å². The Kier molecular flexibility index (Phi) is 5.77. The molecule has 0 unspecified atom stereocenters. The lowest BCUT2D eigenvalue weighted by molar-refractivity contribution is 0.0680. The van der Waals surface area contributed by atoms with Gasteiger partial charge >= 0.3 is 0 Å². The van der Waals surface area contributed by atoms with Crippen molar-refractivity contribution in [2.24, 2.45) is 11.7 Å². The summed E-state index contributed by atoms with van der Waals surface area (Å²) in [7, 11) is 0. The Hall–Kier alpha value is -1.86. The Morgan fingerprint density at radius 2 is 2.19 bits per heavy atom. The molecule has 0 atom stereocenters. The van der Waals surface area contributed by atoms with Crippen molar-refractivity contribution in [3.8, 4) is 11.8 Å². The maximum Gasteiger partial charge on any atom is 0.272 e. The van der Waals surface area contributed by atoms with Gasteiger partial charge in [0.25, 0.3) is 5.91 Å². The van der Waals surface area contributed by atoms with E-state index in [9.17, 15) is 4.79 Å². The minimum atomic E-state index is 0.0308. The fraction of sp³-hybridized carbons (Fsp3) is 0.529. The molecule has 1 aliphatic rings. The van der Waals surface area contributed by atoms with Crippen LogP contribution >= 0.6 is 0 Å². The maximum absolute atomic E-state index is 12.4. The fourth-order valence-corrected chi connectivity index (χ4v) is 2.74. The minimum Gasteiger partial charge on any atom is -0.337 e. The Morgan fingerprint density at radius 1 is 1.43 bits per heavy atom. The molecule has 21 heavy (non-hydrogen) atoms. The van der Waals surface area contributed by atoms with Gasteiger partial charge in [0.2, 0.25) is 0 Å². The zero-order valence-electron chi connectivity index (χ0n) is 12.6. The lowest BCUT2D eigenvalue weighted by Gasteiger charge is -2.31. The summed E-state index contributed by atoms with van der Waals surface area (Å²) in [6.45, 7) is 4.24. The number of aromatic nitrogens is 1. The first kappa shape index (κ1) is 15.5. The van der Waals surface area contributed by atoms with Crippen LogP contribution in [0.25, 0.3) is 0 Å². The number of hydrogen-bond acceptors (Lipinski definition) is 3. The van der Waals surface area contributed by atoms with E-state index in [0.29, 0.717) is 12.2 Å². The van der Waals surface area contributed by atoms with Gasteiger partial charge in [-0.15, -0.1) is 0 Å².